The molecule has 0 radical (unpaired) electrons. The van der Waals surface area contributed by atoms with Crippen molar-refractivity contribution in [3.63, 3.8) is 0 Å². The maximum atomic E-state index is 12.3. The Balaban J connectivity index is 1.71. The van der Waals surface area contributed by atoms with Gasteiger partial charge in [0.1, 0.15) is 5.52 Å². The van der Waals surface area contributed by atoms with E-state index in [1.165, 1.54) is 11.8 Å². The van der Waals surface area contributed by atoms with E-state index < -0.39 is 5.25 Å². The SMILES string of the molecule is CC(Sc1nc2ccccc2o1)C(=O)Nc1cccc(Cl)c1Cl. The van der Waals surface area contributed by atoms with Crippen LogP contribution in [-0.2, 0) is 4.79 Å². The van der Waals surface area contributed by atoms with E-state index in [0.717, 1.165) is 5.52 Å². The zero-order valence-corrected chi connectivity index (χ0v) is 14.4. The Bertz CT molecular complexity index is 833. The predicted octanol–water partition coefficient (Wildman–Crippen LogP) is 5.25. The number of anilines is 1. The van der Waals surface area contributed by atoms with Crippen LogP contribution in [-0.4, -0.2) is 16.1 Å². The lowest BCUT2D eigenvalue weighted by Gasteiger charge is -2.11. The van der Waals surface area contributed by atoms with Gasteiger partial charge in [0.05, 0.1) is 21.0 Å². The van der Waals surface area contributed by atoms with Gasteiger partial charge in [0.15, 0.2) is 5.58 Å². The molecule has 0 aliphatic heterocycles. The molecule has 4 nitrogen and oxygen atoms in total. The van der Waals surface area contributed by atoms with Gasteiger partial charge in [0.25, 0.3) is 5.22 Å². The molecule has 1 heterocycles. The van der Waals surface area contributed by atoms with Gasteiger partial charge in [-0.3, -0.25) is 4.79 Å². The lowest BCUT2D eigenvalue weighted by atomic mass is 10.3. The molecule has 0 spiro atoms. The molecule has 0 aliphatic rings. The van der Waals surface area contributed by atoms with Crippen LogP contribution in [0.1, 0.15) is 6.92 Å². The second-order valence-corrected chi connectivity index (χ2v) is 6.88. The number of fused-ring (bicyclic) bond motifs is 1. The van der Waals surface area contributed by atoms with Crippen LogP contribution in [0.15, 0.2) is 52.1 Å². The second-order valence-electron chi connectivity index (χ2n) is 4.80. The standard InChI is InChI=1S/C16H12Cl2N2O2S/c1-9(15(21)19-12-7-4-5-10(17)14(12)18)23-16-20-11-6-2-3-8-13(11)22-16/h2-9H,1H3,(H,19,21). The highest BCUT2D eigenvalue weighted by Crippen LogP contribution is 2.31. The number of hydrogen-bond donors (Lipinski definition) is 1. The summed E-state index contributed by atoms with van der Waals surface area (Å²) in [4.78, 5) is 16.6. The van der Waals surface area contributed by atoms with Crippen molar-refractivity contribution in [2.24, 2.45) is 0 Å². The van der Waals surface area contributed by atoms with Crippen molar-refractivity contribution in [3.05, 3.63) is 52.5 Å². The molecular formula is C16H12Cl2N2O2S. The average molecular weight is 367 g/mol. The number of halogens is 2. The molecule has 3 rings (SSSR count). The first-order valence-corrected chi connectivity index (χ1v) is 8.45. The maximum absolute atomic E-state index is 12.3. The number of benzene rings is 2. The number of rotatable bonds is 4. The monoisotopic (exact) mass is 366 g/mol. The molecule has 2 aromatic carbocycles. The highest BCUT2D eigenvalue weighted by Gasteiger charge is 2.19. The third kappa shape index (κ3) is 3.63. The van der Waals surface area contributed by atoms with Crippen LogP contribution in [0, 0.1) is 0 Å². The lowest BCUT2D eigenvalue weighted by Crippen LogP contribution is -2.22. The van der Waals surface area contributed by atoms with Crippen LogP contribution in [0.2, 0.25) is 10.0 Å². The first-order valence-electron chi connectivity index (χ1n) is 6.81. The number of aromatic nitrogens is 1. The fraction of sp³-hybridized carbons (Fsp3) is 0.125. The summed E-state index contributed by atoms with van der Waals surface area (Å²) in [7, 11) is 0. The molecule has 0 saturated carbocycles. The molecule has 0 fully saturated rings. The number of carbonyl (C=O) groups excluding carboxylic acids is 1. The molecule has 1 aromatic heterocycles. The van der Waals surface area contributed by atoms with Gasteiger partial charge in [-0.05, 0) is 31.2 Å². The summed E-state index contributed by atoms with van der Waals surface area (Å²) in [6.07, 6.45) is 0. The molecule has 1 unspecified atom stereocenters. The zero-order valence-electron chi connectivity index (χ0n) is 12.0. The summed E-state index contributed by atoms with van der Waals surface area (Å²) >= 11 is 13.3. The Morgan fingerprint density at radius 1 is 1.22 bits per heavy atom. The number of oxazole rings is 1. The molecule has 3 aromatic rings. The molecule has 23 heavy (non-hydrogen) atoms. The van der Waals surface area contributed by atoms with Gasteiger partial charge in [-0.1, -0.05) is 53.2 Å². The van der Waals surface area contributed by atoms with Crippen LogP contribution in [0.4, 0.5) is 5.69 Å². The van der Waals surface area contributed by atoms with Crippen LogP contribution in [0.5, 0.6) is 0 Å². The van der Waals surface area contributed by atoms with Gasteiger partial charge in [0, 0.05) is 0 Å². The van der Waals surface area contributed by atoms with Crippen molar-refractivity contribution in [3.8, 4) is 0 Å². The van der Waals surface area contributed by atoms with Gasteiger partial charge >= 0.3 is 0 Å². The van der Waals surface area contributed by atoms with E-state index in [4.69, 9.17) is 27.6 Å². The van der Waals surface area contributed by atoms with Gasteiger partial charge in [-0.2, -0.15) is 0 Å². The van der Waals surface area contributed by atoms with E-state index in [0.29, 0.717) is 26.5 Å². The Morgan fingerprint density at radius 2 is 2.00 bits per heavy atom. The summed E-state index contributed by atoms with van der Waals surface area (Å²) in [5, 5.41) is 3.52. The fourth-order valence-corrected chi connectivity index (χ4v) is 3.05. The lowest BCUT2D eigenvalue weighted by molar-refractivity contribution is -0.115. The van der Waals surface area contributed by atoms with Crippen LogP contribution in [0.3, 0.4) is 0 Å². The van der Waals surface area contributed by atoms with Gasteiger partial charge < -0.3 is 9.73 Å². The minimum absolute atomic E-state index is 0.207. The molecule has 0 aliphatic carbocycles. The summed E-state index contributed by atoms with van der Waals surface area (Å²) in [5.74, 6) is -0.207. The van der Waals surface area contributed by atoms with Crippen LogP contribution >= 0.6 is 35.0 Å². The first kappa shape index (κ1) is 16.2. The third-order valence-electron chi connectivity index (χ3n) is 3.13. The van der Waals surface area contributed by atoms with Crippen molar-refractivity contribution >= 4 is 57.7 Å². The predicted molar refractivity (Wildman–Crippen MR) is 94.4 cm³/mol. The number of carbonyl (C=O) groups is 1. The van der Waals surface area contributed by atoms with E-state index >= 15 is 0 Å². The van der Waals surface area contributed by atoms with E-state index in [2.05, 4.69) is 10.3 Å². The topological polar surface area (TPSA) is 55.1 Å². The molecule has 1 amide bonds. The quantitative estimate of drug-likeness (QED) is 0.640. The normalized spacial score (nSPS) is 12.3. The van der Waals surface area contributed by atoms with Crippen molar-refractivity contribution < 1.29 is 9.21 Å². The van der Waals surface area contributed by atoms with E-state index in [1.807, 2.05) is 24.3 Å². The highest BCUT2D eigenvalue weighted by molar-refractivity contribution is 8.00. The number of nitrogens with zero attached hydrogens (tertiary/aromatic N) is 1. The van der Waals surface area contributed by atoms with Crippen molar-refractivity contribution in [1.82, 2.24) is 4.98 Å². The molecule has 0 bridgehead atoms. The summed E-state index contributed by atoms with van der Waals surface area (Å²) < 4.78 is 5.61. The van der Waals surface area contributed by atoms with Gasteiger partial charge in [-0.25, -0.2) is 4.98 Å². The Hall–Kier alpha value is -1.69. The Labute approximate surface area is 147 Å². The van der Waals surface area contributed by atoms with Crippen LogP contribution in [0.25, 0.3) is 11.1 Å². The number of para-hydroxylation sites is 2. The first-order chi connectivity index (χ1) is 11.0. The van der Waals surface area contributed by atoms with E-state index in [1.54, 1.807) is 25.1 Å². The van der Waals surface area contributed by atoms with Gasteiger partial charge in [0.2, 0.25) is 5.91 Å². The summed E-state index contributed by atoms with van der Waals surface area (Å²) in [6.45, 7) is 1.77. The Kier molecular flexibility index (Phi) is 4.80. The summed E-state index contributed by atoms with van der Waals surface area (Å²) in [6, 6.07) is 12.5. The number of amides is 1. The molecule has 7 heteroatoms. The molecule has 1 atom stereocenters. The van der Waals surface area contributed by atoms with Crippen molar-refractivity contribution in [2.75, 3.05) is 5.32 Å². The summed E-state index contributed by atoms with van der Waals surface area (Å²) in [5.41, 5.74) is 1.94. The third-order valence-corrected chi connectivity index (χ3v) is 4.89. The maximum Gasteiger partial charge on any atom is 0.257 e. The minimum Gasteiger partial charge on any atom is -0.431 e. The molecule has 1 N–H and O–H groups in total. The second kappa shape index (κ2) is 6.83. The largest absolute Gasteiger partial charge is 0.431 e. The van der Waals surface area contributed by atoms with E-state index in [-0.39, 0.29) is 5.91 Å². The number of thioether (sulfide) groups is 1. The van der Waals surface area contributed by atoms with Crippen molar-refractivity contribution in [2.45, 2.75) is 17.4 Å². The number of nitrogens with one attached hydrogen (secondary N) is 1. The van der Waals surface area contributed by atoms with Crippen LogP contribution < -0.4 is 5.32 Å². The molecule has 0 saturated heterocycles. The van der Waals surface area contributed by atoms with Crippen molar-refractivity contribution in [1.29, 1.82) is 0 Å². The average Bonchev–Trinajstić information content (AvgIpc) is 2.93. The smallest absolute Gasteiger partial charge is 0.257 e. The highest BCUT2D eigenvalue weighted by atomic mass is 35.5. The molecular weight excluding hydrogens is 355 g/mol. The van der Waals surface area contributed by atoms with Gasteiger partial charge in [-0.15, -0.1) is 0 Å². The minimum atomic E-state index is -0.405. The Morgan fingerprint density at radius 3 is 2.78 bits per heavy atom. The zero-order chi connectivity index (χ0) is 16.4. The number of hydrogen-bond acceptors (Lipinski definition) is 4. The molecule has 118 valence electrons. The fourth-order valence-electron chi connectivity index (χ4n) is 1.94. The van der Waals surface area contributed by atoms with E-state index in [9.17, 15) is 4.79 Å².